The van der Waals surface area contributed by atoms with Gasteiger partial charge < -0.3 is 24.3 Å². The van der Waals surface area contributed by atoms with Crippen molar-refractivity contribution in [2.75, 3.05) is 12.0 Å². The summed E-state index contributed by atoms with van der Waals surface area (Å²) in [6.45, 7) is 2.06. The van der Waals surface area contributed by atoms with Crippen LogP contribution in [0.5, 0.6) is 17.2 Å². The van der Waals surface area contributed by atoms with E-state index in [4.69, 9.17) is 21.7 Å². The van der Waals surface area contributed by atoms with Crippen LogP contribution in [0, 0.1) is 6.92 Å². The summed E-state index contributed by atoms with van der Waals surface area (Å²) in [6, 6.07) is 33.9. The molecule has 3 heterocycles. The molecule has 0 saturated carbocycles. The number of rotatable bonds is 7. The zero-order valence-corrected chi connectivity index (χ0v) is 22.5. The number of hydrogen-bond donors (Lipinski definition) is 1. The van der Waals surface area contributed by atoms with Crippen molar-refractivity contribution in [1.29, 1.82) is 0 Å². The van der Waals surface area contributed by atoms with Gasteiger partial charge in [-0.15, -0.1) is 0 Å². The lowest BCUT2D eigenvalue weighted by Crippen LogP contribution is -2.30. The maximum Gasteiger partial charge on any atom is 0.174 e. The summed E-state index contributed by atoms with van der Waals surface area (Å²) in [5.41, 5.74) is 5.08. The number of thiocarbonyl (C=S) groups is 1. The maximum atomic E-state index is 6.07. The van der Waals surface area contributed by atoms with Gasteiger partial charge in [0.15, 0.2) is 5.11 Å². The molecule has 6 rings (SSSR count). The van der Waals surface area contributed by atoms with Crippen LogP contribution in [0.2, 0.25) is 0 Å². The van der Waals surface area contributed by atoms with Gasteiger partial charge >= 0.3 is 0 Å². The lowest BCUT2D eigenvalue weighted by atomic mass is 10.0. The zero-order chi connectivity index (χ0) is 26.8. The van der Waals surface area contributed by atoms with Gasteiger partial charge in [-0.1, -0.05) is 35.9 Å². The first-order valence-electron chi connectivity index (χ1n) is 12.8. The van der Waals surface area contributed by atoms with Crippen molar-refractivity contribution in [1.82, 2.24) is 14.9 Å². The molecule has 3 aromatic carbocycles. The fourth-order valence-corrected chi connectivity index (χ4v) is 5.38. The number of hydrogen-bond acceptors (Lipinski definition) is 4. The highest BCUT2D eigenvalue weighted by Gasteiger charge is 2.42. The van der Waals surface area contributed by atoms with E-state index < -0.39 is 0 Å². The molecule has 0 amide bonds. The minimum absolute atomic E-state index is 0.162. The Morgan fingerprint density at radius 3 is 2.26 bits per heavy atom. The standard InChI is InChI=1S/C32H28N4O2S/c1-22-12-16-24(17-13-22)38-25-18-14-23(15-19-25)36-31(30(34-32(36)39)26-8-5-6-20-33-26)28-10-7-21-35(28)27-9-3-4-11-29(27)37-2/h3-21,30-31H,1-2H3,(H,34,39). The number of benzene rings is 3. The molecule has 0 spiro atoms. The predicted molar refractivity (Wildman–Crippen MR) is 158 cm³/mol. The van der Waals surface area contributed by atoms with E-state index in [9.17, 15) is 0 Å². The van der Waals surface area contributed by atoms with E-state index >= 15 is 0 Å². The van der Waals surface area contributed by atoms with Crippen LogP contribution in [0.1, 0.15) is 29.0 Å². The van der Waals surface area contributed by atoms with Gasteiger partial charge in [0.2, 0.25) is 0 Å². The van der Waals surface area contributed by atoms with E-state index in [1.54, 1.807) is 7.11 Å². The van der Waals surface area contributed by atoms with Crippen LogP contribution in [-0.4, -0.2) is 21.8 Å². The van der Waals surface area contributed by atoms with Crippen molar-refractivity contribution in [2.24, 2.45) is 0 Å². The lowest BCUT2D eigenvalue weighted by Gasteiger charge is -2.29. The van der Waals surface area contributed by atoms with Crippen LogP contribution in [0.25, 0.3) is 5.69 Å². The molecule has 2 unspecified atom stereocenters. The number of pyridine rings is 1. The molecule has 5 aromatic rings. The summed E-state index contributed by atoms with van der Waals surface area (Å²) in [4.78, 5) is 6.84. The summed E-state index contributed by atoms with van der Waals surface area (Å²) < 4.78 is 13.9. The highest BCUT2D eigenvalue weighted by atomic mass is 32.1. The van der Waals surface area contributed by atoms with Gasteiger partial charge in [0.05, 0.1) is 24.5 Å². The summed E-state index contributed by atoms with van der Waals surface area (Å²) in [7, 11) is 1.69. The number of ether oxygens (including phenoxy) is 2. The number of aryl methyl sites for hydroxylation is 1. The van der Waals surface area contributed by atoms with Gasteiger partial charge in [0.1, 0.15) is 23.3 Å². The van der Waals surface area contributed by atoms with E-state index in [-0.39, 0.29) is 12.1 Å². The van der Waals surface area contributed by atoms with Crippen LogP contribution in [-0.2, 0) is 0 Å². The van der Waals surface area contributed by atoms with Crippen molar-refractivity contribution < 1.29 is 9.47 Å². The lowest BCUT2D eigenvalue weighted by molar-refractivity contribution is 0.412. The van der Waals surface area contributed by atoms with E-state index in [0.29, 0.717) is 5.11 Å². The zero-order valence-electron chi connectivity index (χ0n) is 21.7. The molecular formula is C32H28N4O2S. The van der Waals surface area contributed by atoms with Crippen molar-refractivity contribution in [3.8, 4) is 22.9 Å². The van der Waals surface area contributed by atoms with Crippen LogP contribution in [0.15, 0.2) is 116 Å². The molecule has 0 radical (unpaired) electrons. The molecule has 1 fully saturated rings. The number of methoxy groups -OCH3 is 1. The Labute approximate surface area is 233 Å². The van der Waals surface area contributed by atoms with Gasteiger partial charge in [0.25, 0.3) is 0 Å². The normalized spacial score (nSPS) is 16.7. The smallest absolute Gasteiger partial charge is 0.174 e. The Bertz CT molecular complexity index is 1580. The Hall–Kier alpha value is -4.62. The van der Waals surface area contributed by atoms with Crippen LogP contribution >= 0.6 is 12.2 Å². The maximum absolute atomic E-state index is 6.07. The first-order chi connectivity index (χ1) is 19.1. The molecule has 0 aliphatic carbocycles. The molecule has 39 heavy (non-hydrogen) atoms. The van der Waals surface area contributed by atoms with Crippen molar-refractivity contribution in [3.63, 3.8) is 0 Å². The van der Waals surface area contributed by atoms with Gasteiger partial charge in [0, 0.05) is 23.8 Å². The van der Waals surface area contributed by atoms with Crippen LogP contribution < -0.4 is 19.7 Å². The Morgan fingerprint density at radius 1 is 0.821 bits per heavy atom. The molecule has 0 bridgehead atoms. The first kappa shape index (κ1) is 24.7. The van der Waals surface area contributed by atoms with Gasteiger partial charge in [-0.3, -0.25) is 4.98 Å². The quantitative estimate of drug-likeness (QED) is 0.225. The third-order valence-corrected chi connectivity index (χ3v) is 7.21. The average molecular weight is 533 g/mol. The molecular weight excluding hydrogens is 504 g/mol. The fraction of sp³-hybridized carbons (Fsp3) is 0.125. The Balaban J connectivity index is 1.40. The molecule has 2 aromatic heterocycles. The molecule has 1 N–H and O–H groups in total. The first-order valence-corrected chi connectivity index (χ1v) is 13.2. The van der Waals surface area contributed by atoms with Crippen molar-refractivity contribution in [2.45, 2.75) is 19.0 Å². The highest BCUT2D eigenvalue weighted by molar-refractivity contribution is 7.80. The second kappa shape index (κ2) is 10.6. The number of nitrogens with zero attached hydrogens (tertiary/aromatic N) is 3. The monoisotopic (exact) mass is 532 g/mol. The third-order valence-electron chi connectivity index (χ3n) is 6.90. The molecule has 7 heteroatoms. The highest BCUT2D eigenvalue weighted by Crippen LogP contribution is 2.43. The van der Waals surface area contributed by atoms with Gasteiger partial charge in [-0.2, -0.15) is 0 Å². The summed E-state index contributed by atoms with van der Waals surface area (Å²) in [5, 5.41) is 4.18. The van der Waals surface area contributed by atoms with Crippen LogP contribution in [0.4, 0.5) is 5.69 Å². The SMILES string of the molecule is COc1ccccc1-n1cccc1C1C(c2ccccn2)NC(=S)N1c1ccc(Oc2ccc(C)cc2)cc1. The summed E-state index contributed by atoms with van der Waals surface area (Å²) >= 11 is 5.93. The third kappa shape index (κ3) is 4.84. The Kier molecular flexibility index (Phi) is 6.73. The molecule has 2 atom stereocenters. The summed E-state index contributed by atoms with van der Waals surface area (Å²) in [5.74, 6) is 2.35. The molecule has 1 saturated heterocycles. The van der Waals surface area contributed by atoms with Crippen molar-refractivity contribution in [3.05, 3.63) is 132 Å². The van der Waals surface area contributed by atoms with E-state index in [1.165, 1.54) is 5.56 Å². The van der Waals surface area contributed by atoms with E-state index in [0.717, 1.165) is 40.0 Å². The van der Waals surface area contributed by atoms with Gasteiger partial charge in [-0.05, 0) is 91.9 Å². The second-order valence-electron chi connectivity index (χ2n) is 9.38. The second-order valence-corrected chi connectivity index (χ2v) is 9.77. The molecule has 1 aliphatic heterocycles. The number of para-hydroxylation sites is 2. The fourth-order valence-electron chi connectivity index (χ4n) is 5.03. The minimum atomic E-state index is -0.170. The van der Waals surface area contributed by atoms with Gasteiger partial charge in [-0.25, -0.2) is 0 Å². The largest absolute Gasteiger partial charge is 0.495 e. The topological polar surface area (TPSA) is 51.5 Å². The van der Waals surface area contributed by atoms with E-state index in [1.807, 2.05) is 91.1 Å². The number of nitrogens with one attached hydrogen (secondary N) is 1. The average Bonchev–Trinajstić information content (AvgIpc) is 3.59. The number of aromatic nitrogens is 2. The molecule has 194 valence electrons. The summed E-state index contributed by atoms with van der Waals surface area (Å²) in [6.07, 6.45) is 3.87. The van der Waals surface area contributed by atoms with Crippen LogP contribution in [0.3, 0.4) is 0 Å². The molecule has 6 nitrogen and oxygen atoms in total. The number of anilines is 1. The van der Waals surface area contributed by atoms with E-state index in [2.05, 4.69) is 51.1 Å². The molecule has 1 aliphatic rings. The predicted octanol–water partition coefficient (Wildman–Crippen LogP) is 7.16. The minimum Gasteiger partial charge on any atom is -0.495 e. The Morgan fingerprint density at radius 2 is 1.54 bits per heavy atom. The van der Waals surface area contributed by atoms with Crippen molar-refractivity contribution >= 4 is 23.0 Å².